The minimum Gasteiger partial charge on any atom is -0.372 e. The van der Waals surface area contributed by atoms with Gasteiger partial charge < -0.3 is 10.2 Å². The number of likely N-dealkylation sites (tertiary alicyclic amines) is 1. The molecule has 1 aromatic carbocycles. The highest BCUT2D eigenvalue weighted by atomic mass is 16.2. The van der Waals surface area contributed by atoms with Gasteiger partial charge in [-0.3, -0.25) is 9.69 Å². The Morgan fingerprint density at radius 3 is 2.23 bits per heavy atom. The van der Waals surface area contributed by atoms with Crippen LogP contribution in [0.4, 0.5) is 5.69 Å². The van der Waals surface area contributed by atoms with Crippen LogP contribution in [0.25, 0.3) is 0 Å². The number of hydrogen-bond donors (Lipinski definition) is 1. The van der Waals surface area contributed by atoms with E-state index in [0.717, 1.165) is 13.0 Å². The van der Waals surface area contributed by atoms with Crippen molar-refractivity contribution < 1.29 is 4.79 Å². The fraction of sp³-hybridized carbons (Fsp3) is 0.682. The summed E-state index contributed by atoms with van der Waals surface area (Å²) in [6, 6.07) is 9.53. The summed E-state index contributed by atoms with van der Waals surface area (Å²) < 4.78 is 0. The Hall–Kier alpha value is -1.55. The van der Waals surface area contributed by atoms with Crippen LogP contribution < -0.4 is 10.2 Å². The van der Waals surface area contributed by atoms with Gasteiger partial charge in [-0.1, -0.05) is 31.4 Å². The second-order valence-corrected chi connectivity index (χ2v) is 8.27. The summed E-state index contributed by atoms with van der Waals surface area (Å²) >= 11 is 0. The lowest BCUT2D eigenvalue weighted by atomic mass is 9.89. The van der Waals surface area contributed by atoms with Gasteiger partial charge in [-0.15, -0.1) is 0 Å². The summed E-state index contributed by atoms with van der Waals surface area (Å²) in [5.74, 6) is 0.224. The summed E-state index contributed by atoms with van der Waals surface area (Å²) in [4.78, 5) is 17.5. The lowest BCUT2D eigenvalue weighted by molar-refractivity contribution is -0.133. The van der Waals surface area contributed by atoms with E-state index >= 15 is 0 Å². The summed E-state index contributed by atoms with van der Waals surface area (Å²) in [6.45, 7) is 4.10. The van der Waals surface area contributed by atoms with E-state index in [1.54, 1.807) is 0 Å². The summed E-state index contributed by atoms with van der Waals surface area (Å²) in [6.07, 6.45) is 11.6. The van der Waals surface area contributed by atoms with Crippen molar-refractivity contribution in [1.82, 2.24) is 10.2 Å². The number of anilines is 1. The number of piperidine rings is 1. The fourth-order valence-corrected chi connectivity index (χ4v) is 4.82. The van der Waals surface area contributed by atoms with Gasteiger partial charge in [0.15, 0.2) is 0 Å². The Balaban J connectivity index is 1.26. The SMILES string of the molecule is O=C(NCc1ccc(N2CCCCC2)cc1)[C@H]1CCN1C1CCCCC1. The highest BCUT2D eigenvalue weighted by Gasteiger charge is 2.38. The molecule has 2 aliphatic heterocycles. The molecule has 1 saturated carbocycles. The first-order valence-corrected chi connectivity index (χ1v) is 10.7. The zero-order valence-electron chi connectivity index (χ0n) is 16.0. The highest BCUT2D eigenvalue weighted by molar-refractivity contribution is 5.82. The molecular formula is C22H33N3O. The van der Waals surface area contributed by atoms with Gasteiger partial charge in [0.05, 0.1) is 6.04 Å². The van der Waals surface area contributed by atoms with Gasteiger partial charge in [0.1, 0.15) is 0 Å². The molecule has 0 unspecified atom stereocenters. The molecule has 0 spiro atoms. The van der Waals surface area contributed by atoms with Crippen molar-refractivity contribution in [2.75, 3.05) is 24.5 Å². The molecule has 4 heteroatoms. The van der Waals surface area contributed by atoms with Crippen LogP contribution in [0.3, 0.4) is 0 Å². The van der Waals surface area contributed by atoms with Gasteiger partial charge in [0.2, 0.25) is 5.91 Å². The van der Waals surface area contributed by atoms with E-state index in [2.05, 4.69) is 39.4 Å². The van der Waals surface area contributed by atoms with Crippen molar-refractivity contribution in [1.29, 1.82) is 0 Å². The molecule has 1 N–H and O–H groups in total. The van der Waals surface area contributed by atoms with E-state index < -0.39 is 0 Å². The first kappa shape index (κ1) is 17.8. The quantitative estimate of drug-likeness (QED) is 0.875. The van der Waals surface area contributed by atoms with Crippen molar-refractivity contribution >= 4 is 11.6 Å². The first-order valence-electron chi connectivity index (χ1n) is 10.7. The number of hydrogen-bond acceptors (Lipinski definition) is 3. The maximum absolute atomic E-state index is 12.6. The number of nitrogens with one attached hydrogen (secondary N) is 1. The third-order valence-corrected chi connectivity index (χ3v) is 6.53. The molecular weight excluding hydrogens is 322 g/mol. The largest absolute Gasteiger partial charge is 0.372 e. The maximum Gasteiger partial charge on any atom is 0.237 e. The van der Waals surface area contributed by atoms with Crippen LogP contribution in [0.5, 0.6) is 0 Å². The molecule has 0 radical (unpaired) electrons. The molecule has 0 bridgehead atoms. The predicted octanol–water partition coefficient (Wildman–Crippen LogP) is 3.70. The molecule has 2 saturated heterocycles. The summed E-state index contributed by atoms with van der Waals surface area (Å²) in [5.41, 5.74) is 2.52. The molecule has 1 aliphatic carbocycles. The van der Waals surface area contributed by atoms with Gasteiger partial charge in [0.25, 0.3) is 0 Å². The molecule has 142 valence electrons. The van der Waals surface area contributed by atoms with Crippen LogP contribution in [-0.2, 0) is 11.3 Å². The molecule has 1 atom stereocenters. The third-order valence-electron chi connectivity index (χ3n) is 6.53. The molecule has 2 heterocycles. The number of carbonyl (C=O) groups is 1. The van der Waals surface area contributed by atoms with E-state index in [0.29, 0.717) is 12.6 Å². The van der Waals surface area contributed by atoms with Crippen molar-refractivity contribution in [2.24, 2.45) is 0 Å². The van der Waals surface area contributed by atoms with Crippen molar-refractivity contribution in [3.8, 4) is 0 Å². The molecule has 4 nitrogen and oxygen atoms in total. The van der Waals surface area contributed by atoms with Gasteiger partial charge in [-0.2, -0.15) is 0 Å². The molecule has 4 rings (SSSR count). The second-order valence-electron chi connectivity index (χ2n) is 8.27. The van der Waals surface area contributed by atoms with Crippen LogP contribution in [0.1, 0.15) is 63.4 Å². The topological polar surface area (TPSA) is 35.6 Å². The van der Waals surface area contributed by atoms with Crippen LogP contribution in [0.15, 0.2) is 24.3 Å². The Morgan fingerprint density at radius 1 is 0.885 bits per heavy atom. The molecule has 26 heavy (non-hydrogen) atoms. The standard InChI is InChI=1S/C22H33N3O/c26-22(21-13-16-25(21)20-7-3-1-4-8-20)23-17-18-9-11-19(12-10-18)24-14-5-2-6-15-24/h9-12,20-21H,1-8,13-17H2,(H,23,26)/t21-/m1/s1. The predicted molar refractivity (Wildman–Crippen MR) is 106 cm³/mol. The van der Waals surface area contributed by atoms with Crippen LogP contribution in [0, 0.1) is 0 Å². The van der Waals surface area contributed by atoms with Crippen LogP contribution in [-0.4, -0.2) is 42.5 Å². The number of rotatable bonds is 5. The number of amides is 1. The van der Waals surface area contributed by atoms with E-state index in [1.807, 2.05) is 0 Å². The minimum atomic E-state index is 0.116. The maximum atomic E-state index is 12.6. The Morgan fingerprint density at radius 2 is 1.58 bits per heavy atom. The van der Waals surface area contributed by atoms with E-state index in [4.69, 9.17) is 0 Å². The smallest absolute Gasteiger partial charge is 0.237 e. The second kappa shape index (κ2) is 8.43. The van der Waals surface area contributed by atoms with E-state index in [9.17, 15) is 4.79 Å². The minimum absolute atomic E-state index is 0.116. The number of nitrogens with zero attached hydrogens (tertiary/aromatic N) is 2. The monoisotopic (exact) mass is 355 g/mol. The number of benzene rings is 1. The van der Waals surface area contributed by atoms with Gasteiger partial charge >= 0.3 is 0 Å². The molecule has 3 fully saturated rings. The molecule has 1 amide bonds. The van der Waals surface area contributed by atoms with E-state index in [-0.39, 0.29) is 11.9 Å². The molecule has 1 aromatic rings. The first-order chi connectivity index (χ1) is 12.8. The van der Waals surface area contributed by atoms with Gasteiger partial charge in [-0.05, 0) is 56.2 Å². The van der Waals surface area contributed by atoms with Crippen molar-refractivity contribution in [3.05, 3.63) is 29.8 Å². The van der Waals surface area contributed by atoms with Gasteiger partial charge in [-0.25, -0.2) is 0 Å². The van der Waals surface area contributed by atoms with Crippen LogP contribution in [0.2, 0.25) is 0 Å². The summed E-state index contributed by atoms with van der Waals surface area (Å²) in [7, 11) is 0. The molecule has 0 aromatic heterocycles. The Bertz CT molecular complexity index is 588. The fourth-order valence-electron chi connectivity index (χ4n) is 4.82. The van der Waals surface area contributed by atoms with Crippen molar-refractivity contribution in [3.63, 3.8) is 0 Å². The average molecular weight is 356 g/mol. The third kappa shape index (κ3) is 4.06. The summed E-state index contributed by atoms with van der Waals surface area (Å²) in [5, 5.41) is 3.17. The lowest BCUT2D eigenvalue weighted by Crippen LogP contribution is -2.59. The number of carbonyl (C=O) groups excluding carboxylic acids is 1. The molecule has 3 aliphatic rings. The average Bonchev–Trinajstić information content (AvgIpc) is 2.67. The zero-order valence-corrected chi connectivity index (χ0v) is 16.0. The Labute approximate surface area is 157 Å². The Kier molecular flexibility index (Phi) is 5.78. The van der Waals surface area contributed by atoms with Crippen molar-refractivity contribution in [2.45, 2.75) is 76.4 Å². The normalized spacial score (nSPS) is 24.9. The van der Waals surface area contributed by atoms with E-state index in [1.165, 1.54) is 75.7 Å². The lowest BCUT2D eigenvalue weighted by Gasteiger charge is -2.46. The van der Waals surface area contributed by atoms with Gasteiger partial charge in [0, 0.05) is 37.9 Å². The zero-order chi connectivity index (χ0) is 17.8. The highest BCUT2D eigenvalue weighted by Crippen LogP contribution is 2.30. The van der Waals surface area contributed by atoms with Crippen LogP contribution >= 0.6 is 0 Å².